The van der Waals surface area contributed by atoms with Crippen molar-refractivity contribution in [2.75, 3.05) is 6.26 Å². The number of hydrogen-bond acceptors (Lipinski definition) is 4. The lowest BCUT2D eigenvalue weighted by atomic mass is 10.4. The number of hydrogen-bond donors (Lipinski definition) is 1. The minimum absolute atomic E-state index is 0.986. The number of oxime groups is 1. The van der Waals surface area contributed by atoms with Crippen LogP contribution in [0.1, 0.15) is 5.56 Å². The van der Waals surface area contributed by atoms with Crippen molar-refractivity contribution in [1.29, 1.82) is 0 Å². The topological polar surface area (TPSA) is 32.6 Å². The van der Waals surface area contributed by atoms with Crippen LogP contribution in [0.5, 0.6) is 0 Å². The predicted octanol–water partition coefficient (Wildman–Crippen LogP) is 2.28. The van der Waals surface area contributed by atoms with Gasteiger partial charge < -0.3 is 5.21 Å². The average molecular weight is 173 g/mol. The normalized spacial score (nSPS) is 10.9. The molecule has 1 heterocycles. The van der Waals surface area contributed by atoms with E-state index in [-0.39, 0.29) is 0 Å². The monoisotopic (exact) mass is 173 g/mol. The van der Waals surface area contributed by atoms with Crippen LogP contribution in [0.3, 0.4) is 0 Å². The summed E-state index contributed by atoms with van der Waals surface area (Å²) >= 11 is 3.26. The second-order valence-electron chi connectivity index (χ2n) is 1.64. The molecule has 0 saturated carbocycles. The van der Waals surface area contributed by atoms with Gasteiger partial charge in [0, 0.05) is 21.2 Å². The van der Waals surface area contributed by atoms with Crippen molar-refractivity contribution in [2.45, 2.75) is 4.90 Å². The zero-order valence-electron chi connectivity index (χ0n) is 5.44. The van der Waals surface area contributed by atoms with E-state index in [9.17, 15) is 0 Å². The van der Waals surface area contributed by atoms with Gasteiger partial charge in [0.2, 0.25) is 0 Å². The van der Waals surface area contributed by atoms with Crippen molar-refractivity contribution in [3.63, 3.8) is 0 Å². The fourth-order valence-electron chi connectivity index (χ4n) is 0.617. The Balaban J connectivity index is 2.90. The van der Waals surface area contributed by atoms with E-state index in [1.807, 2.05) is 17.0 Å². The molecule has 10 heavy (non-hydrogen) atoms. The number of rotatable bonds is 2. The molecule has 0 saturated heterocycles. The van der Waals surface area contributed by atoms with Gasteiger partial charge in [0.25, 0.3) is 0 Å². The Hall–Kier alpha value is -0.480. The SMILES string of the molecule is CSc1cscc1/C=N/O. The maximum absolute atomic E-state index is 8.22. The van der Waals surface area contributed by atoms with Gasteiger partial charge in [0.1, 0.15) is 0 Å². The van der Waals surface area contributed by atoms with Gasteiger partial charge in [-0.1, -0.05) is 5.16 Å². The fourth-order valence-corrected chi connectivity index (χ4v) is 2.25. The van der Waals surface area contributed by atoms with E-state index < -0.39 is 0 Å². The highest BCUT2D eigenvalue weighted by atomic mass is 32.2. The molecule has 0 aliphatic carbocycles. The molecule has 0 fully saturated rings. The fraction of sp³-hybridized carbons (Fsp3) is 0.167. The smallest absolute Gasteiger partial charge is 0.0753 e. The maximum Gasteiger partial charge on any atom is 0.0753 e. The Bertz CT molecular complexity index is 231. The van der Waals surface area contributed by atoms with Gasteiger partial charge in [-0.2, -0.15) is 11.3 Å². The second kappa shape index (κ2) is 3.63. The summed E-state index contributed by atoms with van der Waals surface area (Å²) in [5, 5.41) is 15.2. The van der Waals surface area contributed by atoms with Crippen molar-refractivity contribution < 1.29 is 5.21 Å². The third-order valence-electron chi connectivity index (χ3n) is 1.07. The van der Waals surface area contributed by atoms with Gasteiger partial charge in [-0.05, 0) is 6.26 Å². The van der Waals surface area contributed by atoms with Crippen LogP contribution < -0.4 is 0 Å². The van der Waals surface area contributed by atoms with E-state index in [0.717, 1.165) is 10.5 Å². The molecule has 0 radical (unpaired) electrons. The summed E-state index contributed by atoms with van der Waals surface area (Å²) in [5.41, 5.74) is 0.986. The number of thioether (sulfide) groups is 1. The van der Waals surface area contributed by atoms with E-state index in [1.165, 1.54) is 6.21 Å². The predicted molar refractivity (Wildman–Crippen MR) is 45.5 cm³/mol. The van der Waals surface area contributed by atoms with Crippen molar-refractivity contribution in [3.05, 3.63) is 16.3 Å². The summed E-state index contributed by atoms with van der Waals surface area (Å²) in [6, 6.07) is 0. The Morgan fingerprint density at radius 2 is 2.50 bits per heavy atom. The molecule has 1 N–H and O–H groups in total. The lowest BCUT2D eigenvalue weighted by Gasteiger charge is -1.89. The minimum atomic E-state index is 0.986. The minimum Gasteiger partial charge on any atom is -0.411 e. The molecule has 0 aliphatic rings. The molecular weight excluding hydrogens is 166 g/mol. The van der Waals surface area contributed by atoms with E-state index >= 15 is 0 Å². The Morgan fingerprint density at radius 3 is 3.10 bits per heavy atom. The molecule has 2 nitrogen and oxygen atoms in total. The van der Waals surface area contributed by atoms with Crippen molar-refractivity contribution >= 4 is 29.3 Å². The highest BCUT2D eigenvalue weighted by molar-refractivity contribution is 7.98. The van der Waals surface area contributed by atoms with Crippen LogP contribution in [0, 0.1) is 0 Å². The molecule has 1 rings (SSSR count). The Labute approximate surface area is 67.6 Å². The van der Waals surface area contributed by atoms with Crippen LogP contribution in [-0.4, -0.2) is 17.7 Å². The molecule has 54 valence electrons. The largest absolute Gasteiger partial charge is 0.411 e. The molecular formula is C6H7NOS2. The number of thiophene rings is 1. The van der Waals surface area contributed by atoms with Gasteiger partial charge >= 0.3 is 0 Å². The van der Waals surface area contributed by atoms with Crippen LogP contribution in [-0.2, 0) is 0 Å². The van der Waals surface area contributed by atoms with Crippen molar-refractivity contribution in [2.24, 2.45) is 5.16 Å². The standard InChI is InChI=1S/C6H7NOS2/c1-9-6-4-10-3-5(6)2-7-8/h2-4,8H,1H3/b7-2+. The van der Waals surface area contributed by atoms with E-state index in [4.69, 9.17) is 5.21 Å². The molecule has 0 unspecified atom stereocenters. The first-order valence-corrected chi connectivity index (χ1v) is 4.83. The van der Waals surface area contributed by atoms with Gasteiger partial charge in [-0.15, -0.1) is 11.8 Å². The summed E-state index contributed by atoms with van der Waals surface area (Å²) in [5.74, 6) is 0. The first-order valence-electron chi connectivity index (χ1n) is 2.66. The van der Waals surface area contributed by atoms with E-state index in [2.05, 4.69) is 5.16 Å². The van der Waals surface area contributed by atoms with Crippen LogP contribution in [0.25, 0.3) is 0 Å². The molecule has 1 aromatic heterocycles. The first kappa shape index (κ1) is 7.63. The summed E-state index contributed by atoms with van der Waals surface area (Å²) < 4.78 is 0. The van der Waals surface area contributed by atoms with Crippen molar-refractivity contribution in [3.8, 4) is 0 Å². The Kier molecular flexibility index (Phi) is 2.77. The maximum atomic E-state index is 8.22. The molecule has 0 aromatic carbocycles. The van der Waals surface area contributed by atoms with Gasteiger partial charge in [0.15, 0.2) is 0 Å². The molecule has 0 aliphatic heterocycles. The van der Waals surface area contributed by atoms with Crippen LogP contribution in [0.2, 0.25) is 0 Å². The summed E-state index contributed by atoms with van der Waals surface area (Å²) in [6.07, 6.45) is 3.44. The molecule has 0 bridgehead atoms. The lowest BCUT2D eigenvalue weighted by Crippen LogP contribution is -1.76. The third-order valence-corrected chi connectivity index (χ3v) is 2.78. The van der Waals surface area contributed by atoms with Crippen LogP contribution in [0.15, 0.2) is 20.8 Å². The van der Waals surface area contributed by atoms with E-state index in [0.29, 0.717) is 0 Å². The van der Waals surface area contributed by atoms with Gasteiger partial charge in [-0.25, -0.2) is 0 Å². The Morgan fingerprint density at radius 1 is 1.70 bits per heavy atom. The van der Waals surface area contributed by atoms with Gasteiger partial charge in [0.05, 0.1) is 6.21 Å². The summed E-state index contributed by atoms with van der Waals surface area (Å²) in [4.78, 5) is 1.16. The molecule has 0 atom stereocenters. The lowest BCUT2D eigenvalue weighted by molar-refractivity contribution is 0.322. The molecule has 1 aromatic rings. The van der Waals surface area contributed by atoms with Gasteiger partial charge in [-0.3, -0.25) is 0 Å². The zero-order chi connectivity index (χ0) is 7.40. The highest BCUT2D eigenvalue weighted by Gasteiger charge is 1.97. The highest BCUT2D eigenvalue weighted by Crippen LogP contribution is 2.22. The first-order chi connectivity index (χ1) is 4.88. The van der Waals surface area contributed by atoms with E-state index in [1.54, 1.807) is 23.1 Å². The second-order valence-corrected chi connectivity index (χ2v) is 3.23. The zero-order valence-corrected chi connectivity index (χ0v) is 7.08. The van der Waals surface area contributed by atoms with Crippen LogP contribution in [0.4, 0.5) is 0 Å². The number of nitrogens with zero attached hydrogens (tertiary/aromatic N) is 1. The van der Waals surface area contributed by atoms with Crippen molar-refractivity contribution in [1.82, 2.24) is 0 Å². The third kappa shape index (κ3) is 1.52. The molecule has 0 spiro atoms. The summed E-state index contributed by atoms with van der Waals surface area (Å²) in [6.45, 7) is 0. The molecule has 4 heteroatoms. The average Bonchev–Trinajstić information content (AvgIpc) is 2.36. The summed E-state index contributed by atoms with van der Waals surface area (Å²) in [7, 11) is 0. The van der Waals surface area contributed by atoms with Crippen LogP contribution >= 0.6 is 23.1 Å². The molecule has 0 amide bonds. The quantitative estimate of drug-likeness (QED) is 0.322.